The van der Waals surface area contributed by atoms with Crippen LogP contribution < -0.4 is 15.6 Å². The summed E-state index contributed by atoms with van der Waals surface area (Å²) >= 11 is 0. The minimum absolute atomic E-state index is 0.0664. The van der Waals surface area contributed by atoms with Crippen LogP contribution in [0.3, 0.4) is 0 Å². The van der Waals surface area contributed by atoms with Crippen molar-refractivity contribution in [2.75, 3.05) is 18.0 Å². The standard InChI is InChI=1S/C21H27FN4O3/c1-14-7-8-16(22)18-15(14)6-5-12-25(18)13-9-17(27)24-26-19(28)21(23-20(26)29)10-3-2-4-11-21/h7-8H,2-6,9-13H2,1H3,(H,23,29)(H,24,27). The van der Waals surface area contributed by atoms with Gasteiger partial charge in [0.2, 0.25) is 5.91 Å². The van der Waals surface area contributed by atoms with Gasteiger partial charge in [-0.2, -0.15) is 5.01 Å². The third-order valence-corrected chi connectivity index (χ3v) is 6.35. The van der Waals surface area contributed by atoms with Crippen LogP contribution in [0.2, 0.25) is 0 Å². The van der Waals surface area contributed by atoms with Crippen LogP contribution in [-0.2, 0) is 16.0 Å². The molecule has 2 N–H and O–H groups in total. The van der Waals surface area contributed by atoms with Gasteiger partial charge in [0.25, 0.3) is 5.91 Å². The van der Waals surface area contributed by atoms with Crippen LogP contribution in [0.4, 0.5) is 14.9 Å². The quantitative estimate of drug-likeness (QED) is 0.759. The molecule has 29 heavy (non-hydrogen) atoms. The van der Waals surface area contributed by atoms with Gasteiger partial charge in [0.15, 0.2) is 0 Å². The van der Waals surface area contributed by atoms with Gasteiger partial charge in [-0.3, -0.25) is 15.0 Å². The molecule has 4 amide bonds. The van der Waals surface area contributed by atoms with Gasteiger partial charge in [-0.25, -0.2) is 9.18 Å². The van der Waals surface area contributed by atoms with Crippen molar-refractivity contribution >= 4 is 23.5 Å². The number of carbonyl (C=O) groups is 3. The number of nitrogens with zero attached hydrogens (tertiary/aromatic N) is 2. The van der Waals surface area contributed by atoms with E-state index >= 15 is 0 Å². The second-order valence-corrected chi connectivity index (χ2v) is 8.28. The third-order valence-electron chi connectivity index (χ3n) is 6.35. The second kappa shape index (κ2) is 7.65. The highest BCUT2D eigenvalue weighted by Gasteiger charge is 2.52. The summed E-state index contributed by atoms with van der Waals surface area (Å²) in [6, 6.07) is 2.67. The Morgan fingerprint density at radius 1 is 1.21 bits per heavy atom. The van der Waals surface area contributed by atoms with Gasteiger partial charge in [-0.05, 0) is 49.8 Å². The normalized spacial score (nSPS) is 20.6. The number of carbonyl (C=O) groups excluding carboxylic acids is 3. The predicted molar refractivity (Wildman–Crippen MR) is 106 cm³/mol. The molecule has 1 aromatic rings. The van der Waals surface area contributed by atoms with Crippen molar-refractivity contribution in [1.29, 1.82) is 0 Å². The molecule has 0 bridgehead atoms. The van der Waals surface area contributed by atoms with Crippen LogP contribution in [0.5, 0.6) is 0 Å². The number of hydrazine groups is 1. The number of aryl methyl sites for hydroxylation is 1. The number of anilines is 1. The average Bonchev–Trinajstić information content (AvgIpc) is 2.93. The summed E-state index contributed by atoms with van der Waals surface area (Å²) in [4.78, 5) is 39.4. The molecule has 7 nitrogen and oxygen atoms in total. The summed E-state index contributed by atoms with van der Waals surface area (Å²) in [5.74, 6) is -1.08. The van der Waals surface area contributed by atoms with Crippen molar-refractivity contribution in [2.24, 2.45) is 0 Å². The molecule has 0 aromatic heterocycles. The summed E-state index contributed by atoms with van der Waals surface area (Å²) in [5.41, 5.74) is 4.20. The number of imide groups is 1. The highest BCUT2D eigenvalue weighted by Crippen LogP contribution is 2.34. The first-order valence-electron chi connectivity index (χ1n) is 10.4. The summed E-state index contributed by atoms with van der Waals surface area (Å²) in [6.07, 6.45) is 5.81. The number of hydrogen-bond donors (Lipinski definition) is 2. The maximum absolute atomic E-state index is 14.4. The minimum Gasteiger partial charge on any atom is -0.368 e. The molecule has 8 heteroatoms. The zero-order chi connectivity index (χ0) is 20.6. The molecule has 4 rings (SSSR count). The van der Waals surface area contributed by atoms with Crippen LogP contribution in [0, 0.1) is 12.7 Å². The van der Waals surface area contributed by atoms with E-state index in [1.165, 1.54) is 6.07 Å². The average molecular weight is 402 g/mol. The first kappa shape index (κ1) is 19.7. The van der Waals surface area contributed by atoms with Crippen molar-refractivity contribution < 1.29 is 18.8 Å². The molecule has 156 valence electrons. The largest absolute Gasteiger partial charge is 0.368 e. The minimum atomic E-state index is -0.866. The Morgan fingerprint density at radius 2 is 1.97 bits per heavy atom. The molecule has 1 saturated carbocycles. The SMILES string of the molecule is Cc1ccc(F)c2c1CCCN2CCC(=O)NN1C(=O)NC2(CCCCC2)C1=O. The molecule has 1 aliphatic carbocycles. The molecule has 1 spiro atoms. The molecular formula is C21H27FN4O3. The summed E-state index contributed by atoms with van der Waals surface area (Å²) in [6.45, 7) is 2.97. The molecular weight excluding hydrogens is 375 g/mol. The van der Waals surface area contributed by atoms with Crippen LogP contribution in [0.25, 0.3) is 0 Å². The molecule has 0 unspecified atom stereocenters. The number of hydrogen-bond acceptors (Lipinski definition) is 4. The van der Waals surface area contributed by atoms with Crippen LogP contribution in [-0.4, -0.2) is 41.5 Å². The van der Waals surface area contributed by atoms with E-state index in [0.29, 0.717) is 31.6 Å². The third kappa shape index (κ3) is 3.56. The molecule has 1 saturated heterocycles. The number of halogens is 1. The number of amides is 4. The van der Waals surface area contributed by atoms with E-state index in [1.54, 1.807) is 6.07 Å². The van der Waals surface area contributed by atoms with Crippen LogP contribution in [0.1, 0.15) is 56.1 Å². The van der Waals surface area contributed by atoms with Gasteiger partial charge < -0.3 is 10.2 Å². The fraction of sp³-hybridized carbons (Fsp3) is 0.571. The fourth-order valence-corrected chi connectivity index (χ4v) is 4.78. The number of fused-ring (bicyclic) bond motifs is 1. The Balaban J connectivity index is 1.39. The van der Waals surface area contributed by atoms with Crippen molar-refractivity contribution in [3.05, 3.63) is 29.1 Å². The van der Waals surface area contributed by atoms with Gasteiger partial charge >= 0.3 is 6.03 Å². The van der Waals surface area contributed by atoms with Crippen molar-refractivity contribution in [3.8, 4) is 0 Å². The lowest BCUT2D eigenvalue weighted by Crippen LogP contribution is -2.51. The number of urea groups is 1. The molecule has 1 aromatic carbocycles. The molecule has 3 aliphatic rings. The van der Waals surface area contributed by atoms with Crippen molar-refractivity contribution in [3.63, 3.8) is 0 Å². The Kier molecular flexibility index (Phi) is 5.19. The maximum Gasteiger partial charge on any atom is 0.344 e. The Bertz CT molecular complexity index is 851. The second-order valence-electron chi connectivity index (χ2n) is 8.28. The zero-order valence-electron chi connectivity index (χ0n) is 16.7. The lowest BCUT2D eigenvalue weighted by Gasteiger charge is -2.32. The molecule has 2 heterocycles. The van der Waals surface area contributed by atoms with Crippen molar-refractivity contribution in [2.45, 2.75) is 63.8 Å². The topological polar surface area (TPSA) is 81.8 Å². The zero-order valence-corrected chi connectivity index (χ0v) is 16.7. The monoisotopic (exact) mass is 402 g/mol. The number of nitrogens with one attached hydrogen (secondary N) is 2. The van der Waals surface area contributed by atoms with Gasteiger partial charge in [-0.15, -0.1) is 0 Å². The number of rotatable bonds is 4. The van der Waals surface area contributed by atoms with Gasteiger partial charge in [0.1, 0.15) is 11.4 Å². The van der Waals surface area contributed by atoms with E-state index in [-0.39, 0.29) is 18.1 Å². The molecule has 2 aliphatic heterocycles. The lowest BCUT2D eigenvalue weighted by atomic mass is 9.82. The van der Waals surface area contributed by atoms with E-state index < -0.39 is 17.5 Å². The Morgan fingerprint density at radius 3 is 2.72 bits per heavy atom. The predicted octanol–water partition coefficient (Wildman–Crippen LogP) is 2.56. The Labute approximate surface area is 169 Å². The Hall–Kier alpha value is -2.64. The lowest BCUT2D eigenvalue weighted by molar-refractivity contribution is -0.139. The molecule has 0 atom stereocenters. The fourth-order valence-electron chi connectivity index (χ4n) is 4.78. The van der Waals surface area contributed by atoms with E-state index in [0.717, 1.165) is 48.2 Å². The summed E-state index contributed by atoms with van der Waals surface area (Å²) < 4.78 is 14.4. The van der Waals surface area contributed by atoms with Crippen LogP contribution in [0.15, 0.2) is 12.1 Å². The first-order chi connectivity index (χ1) is 13.9. The maximum atomic E-state index is 14.4. The highest BCUT2D eigenvalue weighted by atomic mass is 19.1. The summed E-state index contributed by atoms with van der Waals surface area (Å²) in [5, 5.41) is 3.59. The first-order valence-corrected chi connectivity index (χ1v) is 10.4. The van der Waals surface area contributed by atoms with E-state index in [9.17, 15) is 18.8 Å². The number of benzene rings is 1. The van der Waals surface area contributed by atoms with E-state index in [2.05, 4.69) is 10.7 Å². The van der Waals surface area contributed by atoms with Gasteiger partial charge in [-0.1, -0.05) is 25.3 Å². The molecule has 0 radical (unpaired) electrons. The highest BCUT2D eigenvalue weighted by molar-refractivity contribution is 6.08. The molecule has 2 fully saturated rings. The smallest absolute Gasteiger partial charge is 0.344 e. The van der Waals surface area contributed by atoms with E-state index in [1.807, 2.05) is 11.8 Å². The summed E-state index contributed by atoms with van der Waals surface area (Å²) in [7, 11) is 0. The van der Waals surface area contributed by atoms with E-state index in [4.69, 9.17) is 0 Å². The van der Waals surface area contributed by atoms with Crippen LogP contribution >= 0.6 is 0 Å². The van der Waals surface area contributed by atoms with Gasteiger partial charge in [0, 0.05) is 19.5 Å². The van der Waals surface area contributed by atoms with Gasteiger partial charge in [0.05, 0.1) is 5.69 Å². The van der Waals surface area contributed by atoms with Crippen molar-refractivity contribution in [1.82, 2.24) is 15.8 Å².